The summed E-state index contributed by atoms with van der Waals surface area (Å²) in [5, 5.41) is 7.10. The Labute approximate surface area is 125 Å². The third-order valence-electron chi connectivity index (χ3n) is 3.17. The smallest absolute Gasteiger partial charge is 0.264 e. The van der Waals surface area contributed by atoms with Gasteiger partial charge in [0.05, 0.1) is 0 Å². The van der Waals surface area contributed by atoms with E-state index in [4.69, 9.17) is 9.26 Å². The van der Waals surface area contributed by atoms with E-state index in [1.165, 1.54) is 12.8 Å². The van der Waals surface area contributed by atoms with Crippen LogP contribution in [0.3, 0.4) is 0 Å². The Kier molecular flexibility index (Phi) is 4.03. The minimum absolute atomic E-state index is 0.304. The Balaban J connectivity index is 1.67. The maximum absolute atomic E-state index is 5.79. The van der Waals surface area contributed by atoms with Crippen LogP contribution in [-0.4, -0.2) is 17.2 Å². The number of benzene rings is 1. The lowest BCUT2D eigenvalue weighted by atomic mass is 10.2. The zero-order valence-corrected chi connectivity index (χ0v) is 12.8. The molecule has 1 aliphatic rings. The molecule has 0 radical (unpaired) electrons. The first kappa shape index (κ1) is 13.6. The van der Waals surface area contributed by atoms with Crippen LogP contribution in [0.25, 0.3) is 0 Å². The van der Waals surface area contributed by atoms with Crippen molar-refractivity contribution in [2.24, 2.45) is 0 Å². The monoisotopic (exact) mass is 337 g/mol. The highest BCUT2D eigenvalue weighted by Gasteiger charge is 2.28. The number of nitrogens with zero attached hydrogens (tertiary/aromatic N) is 2. The zero-order valence-electron chi connectivity index (χ0n) is 11.2. The minimum atomic E-state index is 0.304. The van der Waals surface area contributed by atoms with Gasteiger partial charge < -0.3 is 14.6 Å². The molecule has 1 fully saturated rings. The SMILES string of the molecule is CNCc1cc(Br)ccc1OCc1nc(C2CC2)no1. The second kappa shape index (κ2) is 5.93. The van der Waals surface area contributed by atoms with Gasteiger partial charge in [0.25, 0.3) is 5.89 Å². The highest BCUT2D eigenvalue weighted by molar-refractivity contribution is 9.10. The van der Waals surface area contributed by atoms with Crippen molar-refractivity contribution in [3.8, 4) is 5.75 Å². The molecule has 0 amide bonds. The van der Waals surface area contributed by atoms with Crippen molar-refractivity contribution in [1.29, 1.82) is 0 Å². The van der Waals surface area contributed by atoms with Crippen LogP contribution in [0.15, 0.2) is 27.2 Å². The van der Waals surface area contributed by atoms with Gasteiger partial charge in [-0.1, -0.05) is 21.1 Å². The lowest BCUT2D eigenvalue weighted by Crippen LogP contribution is -2.07. The van der Waals surface area contributed by atoms with E-state index in [2.05, 4.69) is 31.4 Å². The molecule has 1 N–H and O–H groups in total. The number of hydrogen-bond donors (Lipinski definition) is 1. The average Bonchev–Trinajstić information content (AvgIpc) is 3.18. The lowest BCUT2D eigenvalue weighted by Gasteiger charge is -2.10. The highest BCUT2D eigenvalue weighted by atomic mass is 79.9. The van der Waals surface area contributed by atoms with E-state index in [1.807, 2.05) is 25.2 Å². The summed E-state index contributed by atoms with van der Waals surface area (Å²) in [6, 6.07) is 5.93. The van der Waals surface area contributed by atoms with Gasteiger partial charge in [-0.05, 0) is 38.1 Å². The number of halogens is 1. The summed E-state index contributed by atoms with van der Waals surface area (Å²) >= 11 is 3.46. The van der Waals surface area contributed by atoms with Crippen LogP contribution >= 0.6 is 15.9 Å². The van der Waals surface area contributed by atoms with E-state index in [1.54, 1.807) is 0 Å². The zero-order chi connectivity index (χ0) is 13.9. The first-order valence-electron chi connectivity index (χ1n) is 6.64. The Morgan fingerprint density at radius 2 is 2.30 bits per heavy atom. The predicted octanol–water partition coefficient (Wildman–Crippen LogP) is 3.01. The highest BCUT2D eigenvalue weighted by Crippen LogP contribution is 2.38. The molecule has 2 aromatic rings. The van der Waals surface area contributed by atoms with Crippen molar-refractivity contribution in [2.75, 3.05) is 7.05 Å². The molecule has 20 heavy (non-hydrogen) atoms. The molecule has 0 aliphatic heterocycles. The van der Waals surface area contributed by atoms with Crippen LogP contribution in [0.4, 0.5) is 0 Å². The summed E-state index contributed by atoms with van der Waals surface area (Å²) in [7, 11) is 1.91. The molecule has 106 valence electrons. The summed E-state index contributed by atoms with van der Waals surface area (Å²) < 4.78 is 12.0. The molecule has 6 heteroatoms. The largest absolute Gasteiger partial charge is 0.483 e. The topological polar surface area (TPSA) is 60.2 Å². The van der Waals surface area contributed by atoms with Crippen LogP contribution in [0, 0.1) is 0 Å². The number of hydrogen-bond acceptors (Lipinski definition) is 5. The van der Waals surface area contributed by atoms with Gasteiger partial charge in [-0.2, -0.15) is 4.98 Å². The average molecular weight is 338 g/mol. The second-order valence-corrected chi connectivity index (χ2v) is 5.81. The molecule has 1 aromatic carbocycles. The van der Waals surface area contributed by atoms with Crippen LogP contribution in [0.5, 0.6) is 5.75 Å². The first-order valence-corrected chi connectivity index (χ1v) is 7.44. The Hall–Kier alpha value is -1.40. The van der Waals surface area contributed by atoms with E-state index >= 15 is 0 Å². The van der Waals surface area contributed by atoms with Gasteiger partial charge in [0.15, 0.2) is 12.4 Å². The van der Waals surface area contributed by atoms with E-state index in [-0.39, 0.29) is 0 Å². The van der Waals surface area contributed by atoms with Crippen molar-refractivity contribution in [3.63, 3.8) is 0 Å². The molecule has 0 atom stereocenters. The van der Waals surface area contributed by atoms with Crippen LogP contribution < -0.4 is 10.1 Å². The maximum Gasteiger partial charge on any atom is 0.264 e. The predicted molar refractivity (Wildman–Crippen MR) is 77.5 cm³/mol. The van der Waals surface area contributed by atoms with Gasteiger partial charge in [-0.3, -0.25) is 0 Å². The van der Waals surface area contributed by atoms with Gasteiger partial charge in [0, 0.05) is 22.5 Å². The lowest BCUT2D eigenvalue weighted by molar-refractivity contribution is 0.240. The number of ether oxygens (including phenoxy) is 1. The Bertz CT molecular complexity index is 596. The third kappa shape index (κ3) is 3.19. The van der Waals surface area contributed by atoms with Crippen molar-refractivity contribution in [2.45, 2.75) is 31.9 Å². The van der Waals surface area contributed by atoms with Gasteiger partial charge >= 0.3 is 0 Å². The first-order chi connectivity index (χ1) is 9.76. The molecule has 0 bridgehead atoms. The number of nitrogens with one attached hydrogen (secondary N) is 1. The Morgan fingerprint density at radius 1 is 1.45 bits per heavy atom. The fourth-order valence-corrected chi connectivity index (χ4v) is 2.40. The van der Waals surface area contributed by atoms with E-state index in [0.717, 1.165) is 28.2 Å². The maximum atomic E-state index is 5.79. The van der Waals surface area contributed by atoms with Crippen LogP contribution in [0.1, 0.15) is 36.0 Å². The molecule has 0 saturated heterocycles. The summed E-state index contributed by atoms with van der Waals surface area (Å²) in [5.41, 5.74) is 1.09. The van der Waals surface area contributed by atoms with Crippen molar-refractivity contribution in [3.05, 3.63) is 40.0 Å². The van der Waals surface area contributed by atoms with Gasteiger partial charge in [0.1, 0.15) is 5.75 Å². The van der Waals surface area contributed by atoms with E-state index in [0.29, 0.717) is 18.4 Å². The summed E-state index contributed by atoms with van der Waals surface area (Å²) in [5.74, 6) is 2.67. The van der Waals surface area contributed by atoms with Crippen molar-refractivity contribution < 1.29 is 9.26 Å². The third-order valence-corrected chi connectivity index (χ3v) is 3.66. The molecule has 5 nitrogen and oxygen atoms in total. The van der Waals surface area contributed by atoms with Gasteiger partial charge in [-0.15, -0.1) is 0 Å². The van der Waals surface area contributed by atoms with Crippen LogP contribution in [-0.2, 0) is 13.2 Å². The molecule has 1 heterocycles. The van der Waals surface area contributed by atoms with Crippen molar-refractivity contribution in [1.82, 2.24) is 15.5 Å². The fourth-order valence-electron chi connectivity index (χ4n) is 1.99. The summed E-state index contributed by atoms with van der Waals surface area (Å²) in [6.07, 6.45) is 2.33. The summed E-state index contributed by atoms with van der Waals surface area (Å²) in [6.45, 7) is 1.05. The molecular weight excluding hydrogens is 322 g/mol. The molecule has 3 rings (SSSR count). The summed E-state index contributed by atoms with van der Waals surface area (Å²) in [4.78, 5) is 4.35. The van der Waals surface area contributed by atoms with E-state index in [9.17, 15) is 0 Å². The molecule has 1 aromatic heterocycles. The Morgan fingerprint density at radius 3 is 3.05 bits per heavy atom. The molecule has 0 unspecified atom stereocenters. The van der Waals surface area contributed by atoms with Crippen molar-refractivity contribution >= 4 is 15.9 Å². The van der Waals surface area contributed by atoms with Gasteiger partial charge in [0.2, 0.25) is 0 Å². The van der Waals surface area contributed by atoms with Gasteiger partial charge in [-0.25, -0.2) is 0 Å². The quantitative estimate of drug-likeness (QED) is 0.877. The molecule has 0 spiro atoms. The van der Waals surface area contributed by atoms with Crippen LogP contribution in [0.2, 0.25) is 0 Å². The fraction of sp³-hybridized carbons (Fsp3) is 0.429. The molecular formula is C14H16BrN3O2. The molecule has 1 aliphatic carbocycles. The second-order valence-electron chi connectivity index (χ2n) is 4.89. The normalized spacial score (nSPS) is 14.5. The molecule has 1 saturated carbocycles. The number of aromatic nitrogens is 2. The number of rotatable bonds is 6. The standard InChI is InChI=1S/C14H16BrN3O2/c1-16-7-10-6-11(15)4-5-12(10)19-8-13-17-14(18-20-13)9-2-3-9/h4-6,9,16H,2-3,7-8H2,1H3. The van der Waals surface area contributed by atoms with E-state index < -0.39 is 0 Å². The minimum Gasteiger partial charge on any atom is -0.483 e.